The summed E-state index contributed by atoms with van der Waals surface area (Å²) in [5.41, 5.74) is 3.95. The lowest BCUT2D eigenvalue weighted by molar-refractivity contribution is 1.18. The van der Waals surface area contributed by atoms with Gasteiger partial charge in [0, 0.05) is 42.7 Å². The summed E-state index contributed by atoms with van der Waals surface area (Å²) < 4.78 is 137. The fraction of sp³-hybridized carbons (Fsp3) is 0. The fourth-order valence-electron chi connectivity index (χ4n) is 8.88. The Labute approximate surface area is 360 Å². The van der Waals surface area contributed by atoms with E-state index in [1.165, 1.54) is 12.1 Å². The van der Waals surface area contributed by atoms with Crippen molar-refractivity contribution in [3.8, 4) is 11.4 Å². The first kappa shape index (κ1) is 22.1. The van der Waals surface area contributed by atoms with E-state index in [4.69, 9.17) is 8.22 Å². The third kappa shape index (κ3) is 4.70. The Morgan fingerprint density at radius 1 is 0.414 bits per heavy atom. The Morgan fingerprint density at radius 3 is 1.50 bits per heavy atom. The molecule has 2 nitrogen and oxygen atoms in total. The summed E-state index contributed by atoms with van der Waals surface area (Å²) >= 11 is 1.60. The standard InChI is InChI=1S/C54H36N2SSi/c1-4-18-38(19-5-1)58(39-20-6-2-7-21-39,40-22-8-3-9-23-40)41-34-32-37(33-35-41)55-47-28-14-12-26-44(47)46-36-50(54-52(53(46)55)45-27-13-17-31-51(45)57-54)56-48-29-15-10-24-42(48)43-25-11-16-30-49(43)56/h1-36H/i1D,2D,4D,5D,6D,7D,18D,19D,20D,21D,32D,33D,34D,35D. The maximum Gasteiger partial charge on any atom is 0.179 e. The molecular formula is C54H36N2SSi. The molecule has 0 bridgehead atoms. The molecule has 12 aromatic rings. The van der Waals surface area contributed by atoms with Gasteiger partial charge in [0.15, 0.2) is 8.07 Å². The van der Waals surface area contributed by atoms with Crippen LogP contribution < -0.4 is 20.7 Å². The number of aromatic nitrogens is 2. The van der Waals surface area contributed by atoms with Crippen LogP contribution >= 0.6 is 11.3 Å². The minimum absolute atomic E-state index is 0.108. The van der Waals surface area contributed by atoms with Crippen molar-refractivity contribution in [2.45, 2.75) is 0 Å². The minimum Gasteiger partial charge on any atom is -0.309 e. The molecule has 3 aromatic heterocycles. The number of rotatable bonds is 6. The van der Waals surface area contributed by atoms with Crippen molar-refractivity contribution in [1.29, 1.82) is 0 Å². The molecule has 4 heteroatoms. The number of nitrogens with zero attached hydrogens (tertiary/aromatic N) is 2. The number of thiophene rings is 1. The van der Waals surface area contributed by atoms with Gasteiger partial charge >= 0.3 is 0 Å². The third-order valence-electron chi connectivity index (χ3n) is 11.2. The van der Waals surface area contributed by atoms with Crippen molar-refractivity contribution in [2.75, 3.05) is 0 Å². The minimum atomic E-state index is -5.19. The molecule has 0 saturated carbocycles. The average molecular weight is 787 g/mol. The van der Waals surface area contributed by atoms with Gasteiger partial charge in [-0.2, -0.15) is 0 Å². The molecule has 0 unspecified atom stereocenters. The lowest BCUT2D eigenvalue weighted by Gasteiger charge is -2.34. The lowest BCUT2D eigenvalue weighted by Crippen LogP contribution is -2.74. The normalized spacial score (nSPS) is 15.5. The molecule has 3 heterocycles. The van der Waals surface area contributed by atoms with Crippen LogP contribution in [0.1, 0.15) is 19.2 Å². The van der Waals surface area contributed by atoms with Gasteiger partial charge in [0.05, 0.1) is 51.6 Å². The van der Waals surface area contributed by atoms with Gasteiger partial charge in [0.1, 0.15) is 0 Å². The highest BCUT2D eigenvalue weighted by molar-refractivity contribution is 7.26. The predicted molar refractivity (Wildman–Crippen MR) is 252 cm³/mol. The Bertz CT molecular complexity index is 4140. The van der Waals surface area contributed by atoms with Crippen LogP contribution in [0, 0.1) is 0 Å². The first-order chi connectivity index (χ1) is 34.6. The number of hydrogen-bond donors (Lipinski definition) is 0. The highest BCUT2D eigenvalue weighted by Crippen LogP contribution is 2.47. The molecule has 0 aliphatic rings. The zero-order valence-electron chi connectivity index (χ0n) is 44.5. The van der Waals surface area contributed by atoms with Gasteiger partial charge in [0.2, 0.25) is 0 Å². The first-order valence-electron chi connectivity index (χ1n) is 25.8. The van der Waals surface area contributed by atoms with E-state index in [1.54, 1.807) is 34.1 Å². The summed E-state index contributed by atoms with van der Waals surface area (Å²) in [6, 6.07) is 31.9. The van der Waals surface area contributed by atoms with E-state index in [9.17, 15) is 11.0 Å². The average Bonchev–Trinajstić information content (AvgIpc) is 4.06. The largest absolute Gasteiger partial charge is 0.309 e. The van der Waals surface area contributed by atoms with Crippen LogP contribution in [0.25, 0.3) is 75.2 Å². The van der Waals surface area contributed by atoms with E-state index < -0.39 is 108 Å². The van der Waals surface area contributed by atoms with Crippen LogP contribution in [0.5, 0.6) is 0 Å². The second-order valence-corrected chi connectivity index (χ2v) is 18.8. The summed E-state index contributed by atoms with van der Waals surface area (Å²) in [7, 11) is -5.19. The molecule has 12 rings (SSSR count). The fourth-order valence-corrected chi connectivity index (χ4v) is 13.9. The Morgan fingerprint density at radius 2 is 0.897 bits per heavy atom. The van der Waals surface area contributed by atoms with Crippen LogP contribution in [-0.4, -0.2) is 17.2 Å². The van der Waals surface area contributed by atoms with Gasteiger partial charge in [-0.3, -0.25) is 0 Å². The van der Waals surface area contributed by atoms with E-state index in [2.05, 4.69) is 34.9 Å². The van der Waals surface area contributed by atoms with Crippen molar-refractivity contribution < 1.29 is 19.2 Å². The molecule has 0 fully saturated rings. The van der Waals surface area contributed by atoms with Crippen LogP contribution in [0.2, 0.25) is 0 Å². The van der Waals surface area contributed by atoms with E-state index in [1.807, 2.05) is 72.8 Å². The highest BCUT2D eigenvalue weighted by Gasteiger charge is 2.41. The summed E-state index contributed by atoms with van der Waals surface area (Å²) in [5, 5.41) is 4.12. The number of fused-ring (bicyclic) bond motifs is 10. The molecule has 0 spiro atoms. The molecular weight excluding hydrogens is 737 g/mol. The third-order valence-corrected chi connectivity index (χ3v) is 16.6. The zero-order valence-corrected chi connectivity index (χ0v) is 32.3. The summed E-state index contributed by atoms with van der Waals surface area (Å²) in [6.45, 7) is 0. The van der Waals surface area contributed by atoms with E-state index in [0.29, 0.717) is 11.0 Å². The van der Waals surface area contributed by atoms with Crippen LogP contribution in [-0.2, 0) is 0 Å². The zero-order chi connectivity index (χ0) is 50.4. The summed E-state index contributed by atoms with van der Waals surface area (Å²) in [4.78, 5) is 0. The van der Waals surface area contributed by atoms with Gasteiger partial charge in [-0.15, -0.1) is 11.3 Å². The van der Waals surface area contributed by atoms with Gasteiger partial charge < -0.3 is 9.13 Å². The van der Waals surface area contributed by atoms with Gasteiger partial charge in [0.25, 0.3) is 0 Å². The Balaban J connectivity index is 1.28. The van der Waals surface area contributed by atoms with Gasteiger partial charge in [-0.05, 0) is 63.2 Å². The van der Waals surface area contributed by atoms with Crippen molar-refractivity contribution in [3.63, 3.8) is 0 Å². The number of hydrogen-bond acceptors (Lipinski definition) is 1. The van der Waals surface area contributed by atoms with Gasteiger partial charge in [-0.25, -0.2) is 0 Å². The molecule has 9 aromatic carbocycles. The van der Waals surface area contributed by atoms with Crippen LogP contribution in [0.4, 0.5) is 0 Å². The Hall–Kier alpha value is -6.98. The van der Waals surface area contributed by atoms with Crippen LogP contribution in [0.3, 0.4) is 0 Å². The highest BCUT2D eigenvalue weighted by atomic mass is 32.1. The first-order valence-corrected chi connectivity index (χ1v) is 21.6. The van der Waals surface area contributed by atoms with Crippen molar-refractivity contribution >= 4 is 104 Å². The summed E-state index contributed by atoms with van der Waals surface area (Å²) in [5.74, 6) is 0. The molecule has 272 valence electrons. The SMILES string of the molecule is [2H]c1c([2H])c([2H])c([Si](c2ccccc2)(c2c([2H])c([2H])c([2H])c([2H])c2[2H])c2c([2H])c([2H])c(-n3c4ccccc4c4cc(-n5c6ccccc6c6ccccc65)c5sc6ccccc6c5c43)c([2H])c2[2H])c([2H])c1[2H]. The Kier molecular flexibility index (Phi) is 4.96. The molecule has 0 radical (unpaired) electrons. The monoisotopic (exact) mass is 786 g/mol. The molecule has 0 atom stereocenters. The maximum absolute atomic E-state index is 10.2. The molecule has 58 heavy (non-hydrogen) atoms. The lowest BCUT2D eigenvalue weighted by atomic mass is 10.1. The molecule has 0 aliphatic heterocycles. The smallest absolute Gasteiger partial charge is 0.179 e. The topological polar surface area (TPSA) is 9.86 Å². The quantitative estimate of drug-likeness (QED) is 0.117. The van der Waals surface area contributed by atoms with E-state index in [0.717, 1.165) is 58.4 Å². The second kappa shape index (κ2) is 13.0. The molecule has 0 aliphatic carbocycles. The van der Waals surface area contributed by atoms with E-state index >= 15 is 0 Å². The van der Waals surface area contributed by atoms with Crippen molar-refractivity contribution in [2.24, 2.45) is 0 Å². The van der Waals surface area contributed by atoms with Crippen LogP contribution in [0.15, 0.2) is 218 Å². The second-order valence-electron chi connectivity index (χ2n) is 14.2. The van der Waals surface area contributed by atoms with Crippen molar-refractivity contribution in [3.05, 3.63) is 218 Å². The maximum atomic E-state index is 10.2. The van der Waals surface area contributed by atoms with Gasteiger partial charge in [-0.1, -0.05) is 176 Å². The predicted octanol–water partition coefficient (Wildman–Crippen LogP) is 11.6. The molecule has 0 saturated heterocycles. The molecule has 0 amide bonds. The van der Waals surface area contributed by atoms with E-state index in [-0.39, 0.29) is 10.9 Å². The molecule has 0 N–H and O–H groups in total. The number of benzene rings is 9. The number of para-hydroxylation sites is 3. The van der Waals surface area contributed by atoms with Crippen molar-refractivity contribution in [1.82, 2.24) is 9.13 Å². The summed E-state index contributed by atoms with van der Waals surface area (Å²) in [6.07, 6.45) is 0.